The van der Waals surface area contributed by atoms with E-state index in [1.807, 2.05) is 0 Å². The van der Waals surface area contributed by atoms with Crippen molar-refractivity contribution >= 4 is 7.82 Å². The maximum Gasteiger partial charge on any atom is 0.475 e. The second-order valence-corrected chi connectivity index (χ2v) is 7.94. The van der Waals surface area contributed by atoms with Crippen LogP contribution in [0, 0.1) is 16.7 Å². The highest BCUT2D eigenvalue weighted by Crippen LogP contribution is 2.61. The van der Waals surface area contributed by atoms with Crippen molar-refractivity contribution in [1.82, 2.24) is 9.55 Å². The molecule has 0 unspecified atom stereocenters. The average Bonchev–Trinajstić information content (AvgIpc) is 2.79. The molecular formula is C14H18N3O7P. The summed E-state index contributed by atoms with van der Waals surface area (Å²) in [6.07, 6.45) is -1.86. The van der Waals surface area contributed by atoms with Crippen LogP contribution in [0.3, 0.4) is 0 Å². The molecule has 0 aliphatic carbocycles. The van der Waals surface area contributed by atoms with E-state index in [9.17, 15) is 19.4 Å². The fourth-order valence-electron chi connectivity index (χ4n) is 2.94. The molecule has 1 N–H and O–H groups in total. The minimum absolute atomic E-state index is 0.111. The first-order valence-electron chi connectivity index (χ1n) is 7.68. The van der Waals surface area contributed by atoms with Crippen molar-refractivity contribution in [3.05, 3.63) is 33.1 Å². The van der Waals surface area contributed by atoms with Crippen LogP contribution >= 0.6 is 7.82 Å². The number of hydrogen-bond acceptors (Lipinski definition) is 8. The SMILES string of the molecule is CC(C)O[P@@]1(=O)OC[C@H]2O[C@@H](n3ccc(=O)[nH]c3=O)[C@](C)(C#N)[C@@H]2O1. The predicted octanol–water partition coefficient (Wildman–Crippen LogP) is 0.912. The van der Waals surface area contributed by atoms with Crippen LogP contribution < -0.4 is 11.2 Å². The molecule has 2 aliphatic rings. The molecule has 10 nitrogen and oxygen atoms in total. The zero-order valence-corrected chi connectivity index (χ0v) is 14.8. The van der Waals surface area contributed by atoms with Crippen LogP contribution in [0.4, 0.5) is 0 Å². The van der Waals surface area contributed by atoms with Gasteiger partial charge in [0.05, 0.1) is 18.8 Å². The van der Waals surface area contributed by atoms with Gasteiger partial charge in [0.2, 0.25) is 0 Å². The van der Waals surface area contributed by atoms with Crippen molar-refractivity contribution in [2.75, 3.05) is 6.61 Å². The Morgan fingerprint density at radius 1 is 1.52 bits per heavy atom. The molecule has 5 atom stereocenters. The lowest BCUT2D eigenvalue weighted by molar-refractivity contribution is -0.0749. The van der Waals surface area contributed by atoms with Crippen molar-refractivity contribution in [3.8, 4) is 6.07 Å². The largest absolute Gasteiger partial charge is 0.475 e. The Hall–Kier alpha value is -1.76. The zero-order chi connectivity index (χ0) is 18.4. The van der Waals surface area contributed by atoms with Crippen molar-refractivity contribution in [3.63, 3.8) is 0 Å². The van der Waals surface area contributed by atoms with Gasteiger partial charge in [-0.25, -0.2) is 9.36 Å². The molecule has 0 saturated carbocycles. The van der Waals surface area contributed by atoms with E-state index in [1.54, 1.807) is 13.8 Å². The summed E-state index contributed by atoms with van der Waals surface area (Å²) in [7, 11) is -3.85. The van der Waals surface area contributed by atoms with Gasteiger partial charge in [-0.3, -0.25) is 27.9 Å². The van der Waals surface area contributed by atoms with E-state index in [0.29, 0.717) is 0 Å². The number of fused-ring (bicyclic) bond motifs is 1. The molecule has 2 saturated heterocycles. The predicted molar refractivity (Wildman–Crippen MR) is 83.6 cm³/mol. The molecule has 0 amide bonds. The second-order valence-electron chi connectivity index (χ2n) is 6.36. The second kappa shape index (κ2) is 6.20. The molecule has 25 heavy (non-hydrogen) atoms. The summed E-state index contributed by atoms with van der Waals surface area (Å²) in [6.45, 7) is 4.77. The number of ether oxygens (including phenoxy) is 1. The highest BCUT2D eigenvalue weighted by atomic mass is 31.2. The number of aromatic amines is 1. The minimum Gasteiger partial charge on any atom is -0.348 e. The number of H-pyrrole nitrogens is 1. The number of phosphoric ester groups is 1. The van der Waals surface area contributed by atoms with Gasteiger partial charge in [0, 0.05) is 12.3 Å². The fourth-order valence-corrected chi connectivity index (χ4v) is 4.59. The first-order valence-corrected chi connectivity index (χ1v) is 9.14. The van der Waals surface area contributed by atoms with Crippen LogP contribution in [0.5, 0.6) is 0 Å². The molecule has 1 aromatic heterocycles. The van der Waals surface area contributed by atoms with Crippen LogP contribution in [0.1, 0.15) is 27.0 Å². The van der Waals surface area contributed by atoms with E-state index in [2.05, 4.69) is 11.1 Å². The quantitative estimate of drug-likeness (QED) is 0.775. The summed E-state index contributed by atoms with van der Waals surface area (Å²) < 4.78 is 35.4. The number of phosphoric acid groups is 1. The van der Waals surface area contributed by atoms with Gasteiger partial charge in [0.25, 0.3) is 5.56 Å². The monoisotopic (exact) mass is 371 g/mol. The van der Waals surface area contributed by atoms with Gasteiger partial charge < -0.3 is 4.74 Å². The average molecular weight is 371 g/mol. The van der Waals surface area contributed by atoms with Crippen molar-refractivity contribution in [2.45, 2.75) is 45.3 Å². The highest BCUT2D eigenvalue weighted by molar-refractivity contribution is 7.48. The Balaban J connectivity index is 1.98. The molecule has 3 heterocycles. The maximum atomic E-state index is 12.6. The van der Waals surface area contributed by atoms with Crippen LogP contribution in [0.15, 0.2) is 21.9 Å². The smallest absolute Gasteiger partial charge is 0.348 e. The van der Waals surface area contributed by atoms with Gasteiger partial charge in [-0.1, -0.05) is 0 Å². The third-order valence-corrected chi connectivity index (χ3v) is 5.70. The van der Waals surface area contributed by atoms with E-state index in [-0.39, 0.29) is 6.61 Å². The van der Waals surface area contributed by atoms with Gasteiger partial charge in [0.15, 0.2) is 6.23 Å². The zero-order valence-electron chi connectivity index (χ0n) is 13.9. The standard InChI is InChI=1S/C14H18N3O7P/c1-8(2)23-25(20)21-6-9-11(24-25)14(3,7-15)12(22-9)17-5-4-10(18)16-13(17)19/h4-5,8-9,11-12H,6H2,1-3H3,(H,16,18,19)/t9-,11-,12-,14-,25-/m1/s1. The summed E-state index contributed by atoms with van der Waals surface area (Å²) in [6, 6.07) is 3.23. The summed E-state index contributed by atoms with van der Waals surface area (Å²) >= 11 is 0. The topological polar surface area (TPSA) is 133 Å². The first kappa shape index (κ1) is 18.0. The van der Waals surface area contributed by atoms with Gasteiger partial charge >= 0.3 is 13.5 Å². The van der Waals surface area contributed by atoms with Crippen LogP contribution in [-0.4, -0.2) is 34.5 Å². The molecule has 136 valence electrons. The Morgan fingerprint density at radius 2 is 2.24 bits per heavy atom. The van der Waals surface area contributed by atoms with E-state index >= 15 is 0 Å². The van der Waals surface area contributed by atoms with E-state index < -0.39 is 49.0 Å². The summed E-state index contributed by atoms with van der Waals surface area (Å²) in [5.41, 5.74) is -2.64. The highest BCUT2D eigenvalue weighted by Gasteiger charge is 2.61. The lowest BCUT2D eigenvalue weighted by atomic mass is 9.84. The van der Waals surface area contributed by atoms with Crippen molar-refractivity contribution in [1.29, 1.82) is 5.26 Å². The molecule has 0 aromatic carbocycles. The molecule has 0 radical (unpaired) electrons. The number of nitrogens with zero attached hydrogens (tertiary/aromatic N) is 2. The van der Waals surface area contributed by atoms with E-state index in [0.717, 1.165) is 10.6 Å². The number of aromatic nitrogens is 2. The number of nitriles is 1. The van der Waals surface area contributed by atoms with Gasteiger partial charge in [-0.05, 0) is 20.8 Å². The van der Waals surface area contributed by atoms with Crippen LogP contribution in [0.2, 0.25) is 0 Å². The Labute approximate surface area is 142 Å². The third-order valence-electron chi connectivity index (χ3n) is 4.07. The maximum absolute atomic E-state index is 12.6. The van der Waals surface area contributed by atoms with E-state index in [4.69, 9.17) is 18.3 Å². The number of hydrogen-bond donors (Lipinski definition) is 1. The summed E-state index contributed by atoms with van der Waals surface area (Å²) in [4.78, 5) is 25.4. The Morgan fingerprint density at radius 3 is 2.84 bits per heavy atom. The first-order chi connectivity index (χ1) is 11.7. The molecular weight excluding hydrogens is 353 g/mol. The normalized spacial score (nSPS) is 37.6. The molecule has 0 spiro atoms. The van der Waals surface area contributed by atoms with Gasteiger partial charge in [-0.15, -0.1) is 0 Å². The van der Waals surface area contributed by atoms with Gasteiger partial charge in [0.1, 0.15) is 17.6 Å². The molecule has 2 fully saturated rings. The third kappa shape index (κ3) is 3.10. The molecule has 0 bridgehead atoms. The van der Waals surface area contributed by atoms with Crippen LogP contribution in [0.25, 0.3) is 0 Å². The molecule has 2 aliphatic heterocycles. The lowest BCUT2D eigenvalue weighted by Gasteiger charge is -2.34. The minimum atomic E-state index is -3.85. The Kier molecular flexibility index (Phi) is 4.47. The lowest BCUT2D eigenvalue weighted by Crippen LogP contribution is -2.43. The fraction of sp³-hybridized carbons (Fsp3) is 0.643. The van der Waals surface area contributed by atoms with Crippen LogP contribution in [-0.2, 0) is 22.9 Å². The summed E-state index contributed by atoms with van der Waals surface area (Å²) in [5.74, 6) is 0. The Bertz CT molecular complexity index is 872. The molecule has 3 rings (SSSR count). The summed E-state index contributed by atoms with van der Waals surface area (Å²) in [5, 5.41) is 9.72. The van der Waals surface area contributed by atoms with Crippen molar-refractivity contribution < 1.29 is 22.9 Å². The molecule has 11 heteroatoms. The van der Waals surface area contributed by atoms with Gasteiger partial charge in [-0.2, -0.15) is 5.26 Å². The number of rotatable bonds is 3. The van der Waals surface area contributed by atoms with E-state index in [1.165, 1.54) is 13.1 Å². The van der Waals surface area contributed by atoms with Crippen molar-refractivity contribution in [2.24, 2.45) is 5.41 Å². The number of nitrogens with one attached hydrogen (secondary N) is 1. The molecule has 1 aromatic rings.